The Morgan fingerprint density at radius 3 is 2.67 bits per heavy atom. The summed E-state index contributed by atoms with van der Waals surface area (Å²) in [6, 6.07) is 5.34. The fourth-order valence-electron chi connectivity index (χ4n) is 2.90. The third-order valence-electron chi connectivity index (χ3n) is 4.08. The van der Waals surface area contributed by atoms with Crippen LogP contribution in [0.5, 0.6) is 0 Å². The van der Waals surface area contributed by atoms with Crippen molar-refractivity contribution in [2.24, 2.45) is 0 Å². The lowest BCUT2D eigenvalue weighted by Crippen LogP contribution is -2.39. The van der Waals surface area contributed by atoms with E-state index in [9.17, 15) is 4.79 Å². The second-order valence-electron chi connectivity index (χ2n) is 5.73. The Bertz CT molecular complexity index is 724. The maximum atomic E-state index is 12.9. The van der Waals surface area contributed by atoms with E-state index in [0.717, 1.165) is 23.5 Å². The highest BCUT2D eigenvalue weighted by Crippen LogP contribution is 2.37. The Labute approximate surface area is 128 Å². The first-order valence-corrected chi connectivity index (χ1v) is 7.31. The van der Waals surface area contributed by atoms with Crippen molar-refractivity contribution >= 4 is 17.4 Å². The number of rotatable bonds is 1. The fraction of sp³-hybridized carbons (Fsp3) is 0.375. The molecular formula is C16H16ClN3O. The molecule has 2 heterocycles. The van der Waals surface area contributed by atoms with E-state index in [1.54, 1.807) is 12.1 Å². The summed E-state index contributed by atoms with van der Waals surface area (Å²) in [6.45, 7) is 5.72. The van der Waals surface area contributed by atoms with E-state index in [2.05, 4.69) is 15.0 Å². The molecule has 0 fully saturated rings. The predicted molar refractivity (Wildman–Crippen MR) is 80.8 cm³/mol. The number of aryl methyl sites for hydroxylation is 3. The molecule has 5 heteroatoms. The fourth-order valence-corrected chi connectivity index (χ4v) is 3.06. The van der Waals surface area contributed by atoms with Gasteiger partial charge in [0, 0.05) is 11.3 Å². The monoisotopic (exact) mass is 301 g/mol. The SMILES string of the molecule is Cc1cc(C2(C)CCc3nc(Cl)ccc3C2=O)nc(C)n1. The van der Waals surface area contributed by atoms with Crippen LogP contribution < -0.4 is 0 Å². The largest absolute Gasteiger partial charge is 0.293 e. The van der Waals surface area contributed by atoms with Crippen molar-refractivity contribution in [3.05, 3.63) is 51.8 Å². The van der Waals surface area contributed by atoms with Gasteiger partial charge in [-0.15, -0.1) is 0 Å². The molecule has 4 nitrogen and oxygen atoms in total. The molecule has 0 N–H and O–H groups in total. The summed E-state index contributed by atoms with van der Waals surface area (Å²) in [5.41, 5.74) is 2.49. The Hall–Kier alpha value is -1.81. The number of carbonyl (C=O) groups excluding carboxylic acids is 1. The number of halogens is 1. The number of aromatic nitrogens is 3. The molecule has 1 aliphatic carbocycles. The van der Waals surface area contributed by atoms with Crippen molar-refractivity contribution in [2.75, 3.05) is 0 Å². The second kappa shape index (κ2) is 4.88. The zero-order chi connectivity index (χ0) is 15.2. The Balaban J connectivity index is 2.11. The average molecular weight is 302 g/mol. The highest BCUT2D eigenvalue weighted by Gasteiger charge is 2.41. The van der Waals surface area contributed by atoms with Crippen molar-refractivity contribution in [3.63, 3.8) is 0 Å². The maximum absolute atomic E-state index is 12.9. The summed E-state index contributed by atoms with van der Waals surface area (Å²) < 4.78 is 0. The highest BCUT2D eigenvalue weighted by atomic mass is 35.5. The number of hydrogen-bond donors (Lipinski definition) is 0. The van der Waals surface area contributed by atoms with Crippen LogP contribution in [0.3, 0.4) is 0 Å². The van der Waals surface area contributed by atoms with Gasteiger partial charge in [0.15, 0.2) is 5.78 Å². The molecule has 1 unspecified atom stereocenters. The molecule has 1 atom stereocenters. The van der Waals surface area contributed by atoms with Crippen LogP contribution in [0, 0.1) is 13.8 Å². The molecule has 0 aromatic carbocycles. The van der Waals surface area contributed by atoms with Gasteiger partial charge in [-0.3, -0.25) is 4.79 Å². The first-order chi connectivity index (χ1) is 9.90. The number of carbonyl (C=O) groups is 1. The second-order valence-corrected chi connectivity index (χ2v) is 6.12. The van der Waals surface area contributed by atoms with Gasteiger partial charge in [0.2, 0.25) is 0 Å². The van der Waals surface area contributed by atoms with Crippen LogP contribution in [0.2, 0.25) is 5.15 Å². The summed E-state index contributed by atoms with van der Waals surface area (Å²) in [7, 11) is 0. The first kappa shape index (κ1) is 14.1. The van der Waals surface area contributed by atoms with Gasteiger partial charge >= 0.3 is 0 Å². The molecule has 2 aromatic rings. The third kappa shape index (κ3) is 2.33. The van der Waals surface area contributed by atoms with Gasteiger partial charge in [0.25, 0.3) is 0 Å². The van der Waals surface area contributed by atoms with Gasteiger partial charge in [-0.1, -0.05) is 11.6 Å². The number of hydrogen-bond acceptors (Lipinski definition) is 4. The summed E-state index contributed by atoms with van der Waals surface area (Å²) >= 11 is 5.91. The molecule has 0 aliphatic heterocycles. The highest BCUT2D eigenvalue weighted by molar-refractivity contribution is 6.29. The van der Waals surface area contributed by atoms with Gasteiger partial charge < -0.3 is 0 Å². The predicted octanol–water partition coefficient (Wildman–Crippen LogP) is 3.23. The quantitative estimate of drug-likeness (QED) is 0.759. The summed E-state index contributed by atoms with van der Waals surface area (Å²) in [5.74, 6) is 0.754. The van der Waals surface area contributed by atoms with Crippen LogP contribution in [0.1, 0.15) is 46.6 Å². The van der Waals surface area contributed by atoms with Crippen LogP contribution in [-0.4, -0.2) is 20.7 Å². The summed E-state index contributed by atoms with van der Waals surface area (Å²) in [4.78, 5) is 26.0. The summed E-state index contributed by atoms with van der Waals surface area (Å²) in [6.07, 6.45) is 1.41. The molecule has 0 spiro atoms. The molecule has 0 radical (unpaired) electrons. The van der Waals surface area contributed by atoms with E-state index in [-0.39, 0.29) is 5.78 Å². The van der Waals surface area contributed by atoms with Crippen molar-refractivity contribution < 1.29 is 4.79 Å². The smallest absolute Gasteiger partial charge is 0.176 e. The molecule has 0 amide bonds. The first-order valence-electron chi connectivity index (χ1n) is 6.93. The minimum absolute atomic E-state index is 0.0606. The zero-order valence-electron chi connectivity index (χ0n) is 12.3. The van der Waals surface area contributed by atoms with Gasteiger partial charge in [0.1, 0.15) is 11.0 Å². The van der Waals surface area contributed by atoms with Crippen LogP contribution in [-0.2, 0) is 11.8 Å². The Kier molecular flexibility index (Phi) is 3.29. The van der Waals surface area contributed by atoms with E-state index in [1.807, 2.05) is 26.8 Å². The Morgan fingerprint density at radius 2 is 1.95 bits per heavy atom. The van der Waals surface area contributed by atoms with Gasteiger partial charge in [0.05, 0.1) is 16.8 Å². The van der Waals surface area contributed by atoms with Crippen molar-refractivity contribution in [1.29, 1.82) is 0 Å². The van der Waals surface area contributed by atoms with Crippen molar-refractivity contribution in [2.45, 2.75) is 39.0 Å². The lowest BCUT2D eigenvalue weighted by Gasteiger charge is -2.32. The molecule has 0 saturated carbocycles. The lowest BCUT2D eigenvalue weighted by molar-refractivity contribution is 0.0870. The number of ketones is 1. The minimum Gasteiger partial charge on any atom is -0.293 e. The van der Waals surface area contributed by atoms with E-state index >= 15 is 0 Å². The van der Waals surface area contributed by atoms with E-state index < -0.39 is 5.41 Å². The molecule has 0 bridgehead atoms. The maximum Gasteiger partial charge on any atom is 0.176 e. The van der Waals surface area contributed by atoms with Crippen molar-refractivity contribution in [3.8, 4) is 0 Å². The zero-order valence-corrected chi connectivity index (χ0v) is 13.0. The Morgan fingerprint density at radius 1 is 1.19 bits per heavy atom. The minimum atomic E-state index is -0.624. The van der Waals surface area contributed by atoms with E-state index in [0.29, 0.717) is 23.0 Å². The van der Waals surface area contributed by atoms with Gasteiger partial charge in [-0.25, -0.2) is 15.0 Å². The molecular weight excluding hydrogens is 286 g/mol. The van der Waals surface area contributed by atoms with Gasteiger partial charge in [-0.05, 0) is 51.8 Å². The number of pyridine rings is 1. The number of fused-ring (bicyclic) bond motifs is 1. The molecule has 2 aromatic heterocycles. The average Bonchev–Trinajstić information content (AvgIpc) is 2.42. The molecule has 3 rings (SSSR count). The lowest BCUT2D eigenvalue weighted by atomic mass is 9.71. The standard InChI is InChI=1S/C16H16ClN3O/c1-9-8-13(19-10(2)18-9)16(3)7-6-12-11(15(16)21)4-5-14(17)20-12/h4-5,8H,6-7H2,1-3H3. The number of Topliss-reactive ketones (excluding diaryl/α,β-unsaturated/α-hetero) is 1. The molecule has 0 saturated heterocycles. The van der Waals surface area contributed by atoms with Gasteiger partial charge in [-0.2, -0.15) is 0 Å². The van der Waals surface area contributed by atoms with Crippen LogP contribution in [0.25, 0.3) is 0 Å². The summed E-state index contributed by atoms with van der Waals surface area (Å²) in [5, 5.41) is 0.430. The number of nitrogens with zero attached hydrogens (tertiary/aromatic N) is 3. The van der Waals surface area contributed by atoms with Crippen LogP contribution in [0.15, 0.2) is 18.2 Å². The van der Waals surface area contributed by atoms with Crippen LogP contribution in [0.4, 0.5) is 0 Å². The van der Waals surface area contributed by atoms with E-state index in [1.165, 1.54) is 0 Å². The van der Waals surface area contributed by atoms with Crippen LogP contribution >= 0.6 is 11.6 Å². The normalized spacial score (nSPS) is 21.2. The van der Waals surface area contributed by atoms with E-state index in [4.69, 9.17) is 11.6 Å². The third-order valence-corrected chi connectivity index (χ3v) is 4.29. The van der Waals surface area contributed by atoms with Crippen molar-refractivity contribution in [1.82, 2.24) is 15.0 Å². The topological polar surface area (TPSA) is 55.7 Å². The molecule has 1 aliphatic rings. The molecule has 108 valence electrons. The molecule has 21 heavy (non-hydrogen) atoms.